The Balaban J connectivity index is 1.72. The molecule has 0 spiro atoms. The summed E-state index contributed by atoms with van der Waals surface area (Å²) in [6, 6.07) is 15.6. The van der Waals surface area contributed by atoms with Gasteiger partial charge in [-0.2, -0.15) is 10.1 Å². The van der Waals surface area contributed by atoms with E-state index in [0.29, 0.717) is 35.2 Å². The highest BCUT2D eigenvalue weighted by atomic mass is 35.5. The van der Waals surface area contributed by atoms with Gasteiger partial charge in [0, 0.05) is 19.1 Å². The van der Waals surface area contributed by atoms with Crippen LogP contribution in [0.15, 0.2) is 63.2 Å². The number of fused-ring (bicyclic) bond motifs is 3. The number of nitrogens with zero attached hydrogens (tertiary/aromatic N) is 6. The van der Waals surface area contributed by atoms with Gasteiger partial charge >= 0.3 is 5.69 Å². The number of hydrogen-bond donors (Lipinski definition) is 0. The van der Waals surface area contributed by atoms with Crippen LogP contribution in [0.5, 0.6) is 0 Å². The van der Waals surface area contributed by atoms with Gasteiger partial charge in [-0.15, -0.1) is 0 Å². The zero-order valence-electron chi connectivity index (χ0n) is 17.9. The summed E-state index contributed by atoms with van der Waals surface area (Å²) in [7, 11) is 3.10. The Hall–Kier alpha value is -3.65. The van der Waals surface area contributed by atoms with Crippen LogP contribution < -0.4 is 16.3 Å². The number of rotatable bonds is 3. The van der Waals surface area contributed by atoms with E-state index in [1.54, 1.807) is 12.1 Å². The summed E-state index contributed by atoms with van der Waals surface area (Å²) in [6.07, 6.45) is 0. The third-order valence-electron chi connectivity index (χ3n) is 5.74. The van der Waals surface area contributed by atoms with Gasteiger partial charge in [0.1, 0.15) is 0 Å². The van der Waals surface area contributed by atoms with E-state index < -0.39 is 5.69 Å². The molecule has 2 aromatic carbocycles. The van der Waals surface area contributed by atoms with Crippen molar-refractivity contribution in [2.24, 2.45) is 19.2 Å². The largest absolute Gasteiger partial charge is 0.332 e. The first-order chi connectivity index (χ1) is 15.3. The molecule has 0 amide bonds. The molecule has 3 heterocycles. The van der Waals surface area contributed by atoms with E-state index in [-0.39, 0.29) is 5.56 Å². The fourth-order valence-corrected chi connectivity index (χ4v) is 4.04. The van der Waals surface area contributed by atoms with E-state index in [2.05, 4.69) is 4.98 Å². The zero-order valence-corrected chi connectivity index (χ0v) is 18.7. The lowest BCUT2D eigenvalue weighted by Crippen LogP contribution is -2.38. The highest BCUT2D eigenvalue weighted by molar-refractivity contribution is 6.30. The predicted molar refractivity (Wildman–Crippen MR) is 126 cm³/mol. The van der Waals surface area contributed by atoms with Crippen molar-refractivity contribution in [3.05, 3.63) is 91.1 Å². The molecule has 0 bridgehead atoms. The second kappa shape index (κ2) is 7.49. The van der Waals surface area contributed by atoms with Crippen LogP contribution in [-0.2, 0) is 27.2 Å². The Labute approximate surface area is 188 Å². The second-order valence-corrected chi connectivity index (χ2v) is 8.41. The number of benzene rings is 2. The normalized spacial score (nSPS) is 13.4. The summed E-state index contributed by atoms with van der Waals surface area (Å²) < 4.78 is 4.34. The summed E-state index contributed by atoms with van der Waals surface area (Å²) in [5.74, 6) is 0.525. The molecule has 0 fully saturated rings. The Morgan fingerprint density at radius 1 is 0.969 bits per heavy atom. The Morgan fingerprint density at radius 2 is 1.66 bits per heavy atom. The number of halogens is 1. The number of hydrazone groups is 1. The van der Waals surface area contributed by atoms with E-state index in [9.17, 15) is 9.59 Å². The summed E-state index contributed by atoms with van der Waals surface area (Å²) in [5.41, 5.74) is 3.82. The average Bonchev–Trinajstić information content (AvgIpc) is 3.18. The Bertz CT molecular complexity index is 1490. The van der Waals surface area contributed by atoms with E-state index in [1.165, 1.54) is 17.2 Å². The van der Waals surface area contributed by atoms with Crippen LogP contribution in [0.25, 0.3) is 11.2 Å². The topological polar surface area (TPSA) is 77.4 Å². The monoisotopic (exact) mass is 448 g/mol. The fourth-order valence-electron chi connectivity index (χ4n) is 3.92. The molecule has 2 aromatic heterocycles. The van der Waals surface area contributed by atoms with E-state index in [1.807, 2.05) is 60.0 Å². The molecule has 162 valence electrons. The van der Waals surface area contributed by atoms with Crippen LogP contribution in [0.2, 0.25) is 5.02 Å². The maximum atomic E-state index is 13.0. The van der Waals surface area contributed by atoms with Crippen molar-refractivity contribution >= 4 is 34.4 Å². The SMILES string of the molecule is Cc1ccc(CN2N=C(c3ccc(Cl)cc3)Cn3c2nc2c3c(=O)n(C)c(=O)n2C)cc1. The van der Waals surface area contributed by atoms with Crippen molar-refractivity contribution in [3.63, 3.8) is 0 Å². The van der Waals surface area contributed by atoms with Crippen LogP contribution in [0.4, 0.5) is 5.95 Å². The summed E-state index contributed by atoms with van der Waals surface area (Å²) >= 11 is 6.07. The molecule has 0 atom stereocenters. The first kappa shape index (κ1) is 20.3. The molecule has 9 heteroatoms. The van der Waals surface area contributed by atoms with E-state index in [4.69, 9.17) is 16.7 Å². The molecule has 0 unspecified atom stereocenters. The highest BCUT2D eigenvalue weighted by Gasteiger charge is 2.28. The van der Waals surface area contributed by atoms with E-state index >= 15 is 0 Å². The molecular formula is C23H21ClN6O2. The molecular weight excluding hydrogens is 428 g/mol. The minimum Gasteiger partial charge on any atom is -0.297 e. The van der Waals surface area contributed by atoms with Crippen molar-refractivity contribution in [1.82, 2.24) is 18.7 Å². The second-order valence-electron chi connectivity index (χ2n) is 7.97. The summed E-state index contributed by atoms with van der Waals surface area (Å²) in [6.45, 7) is 2.86. The summed E-state index contributed by atoms with van der Waals surface area (Å²) in [5, 5.41) is 7.29. The number of aryl methyl sites for hydroxylation is 2. The lowest BCUT2D eigenvalue weighted by molar-refractivity contribution is 0.699. The van der Waals surface area contributed by atoms with Crippen LogP contribution >= 0.6 is 11.6 Å². The predicted octanol–water partition coefficient (Wildman–Crippen LogP) is 2.82. The molecule has 32 heavy (non-hydrogen) atoms. The number of hydrogen-bond acceptors (Lipinski definition) is 5. The minimum atomic E-state index is -0.415. The van der Waals surface area contributed by atoms with Crippen LogP contribution in [0.1, 0.15) is 16.7 Å². The minimum absolute atomic E-state index is 0.342. The van der Waals surface area contributed by atoms with Gasteiger partial charge in [-0.1, -0.05) is 53.6 Å². The van der Waals surface area contributed by atoms with Gasteiger partial charge in [-0.05, 0) is 30.2 Å². The molecule has 0 saturated heterocycles. The lowest BCUT2D eigenvalue weighted by Gasteiger charge is -2.26. The fraction of sp³-hybridized carbons (Fsp3) is 0.217. The maximum Gasteiger partial charge on any atom is 0.332 e. The Morgan fingerprint density at radius 3 is 2.34 bits per heavy atom. The van der Waals surface area contributed by atoms with Gasteiger partial charge in [-0.25, -0.2) is 9.80 Å². The van der Waals surface area contributed by atoms with E-state index in [0.717, 1.165) is 21.4 Å². The van der Waals surface area contributed by atoms with Gasteiger partial charge in [0.25, 0.3) is 5.56 Å². The van der Waals surface area contributed by atoms with Crippen LogP contribution in [-0.4, -0.2) is 24.4 Å². The number of aromatic nitrogens is 4. The molecule has 5 rings (SSSR count). The summed E-state index contributed by atoms with van der Waals surface area (Å²) in [4.78, 5) is 30.2. The Kier molecular flexibility index (Phi) is 4.74. The van der Waals surface area contributed by atoms with Crippen LogP contribution in [0, 0.1) is 6.92 Å². The smallest absolute Gasteiger partial charge is 0.297 e. The number of imidazole rings is 1. The van der Waals surface area contributed by atoms with Crippen molar-refractivity contribution in [2.45, 2.75) is 20.0 Å². The zero-order chi connectivity index (χ0) is 22.6. The maximum absolute atomic E-state index is 13.0. The van der Waals surface area contributed by atoms with Gasteiger partial charge in [0.15, 0.2) is 11.2 Å². The third-order valence-corrected chi connectivity index (χ3v) is 5.99. The number of anilines is 1. The average molecular weight is 449 g/mol. The third kappa shape index (κ3) is 3.23. The molecule has 0 aliphatic carbocycles. The molecule has 0 radical (unpaired) electrons. The highest BCUT2D eigenvalue weighted by Crippen LogP contribution is 2.27. The van der Waals surface area contributed by atoms with Crippen molar-refractivity contribution < 1.29 is 0 Å². The molecule has 0 N–H and O–H groups in total. The molecule has 1 aliphatic heterocycles. The molecule has 0 saturated carbocycles. The lowest BCUT2D eigenvalue weighted by atomic mass is 10.1. The quantitative estimate of drug-likeness (QED) is 0.483. The molecule has 8 nitrogen and oxygen atoms in total. The molecule has 4 aromatic rings. The van der Waals surface area contributed by atoms with Crippen LogP contribution in [0.3, 0.4) is 0 Å². The standard InChI is InChI=1S/C23H21ClN6O2/c1-14-4-6-15(7-5-14)12-30-22-25-20-19(21(31)28(3)23(32)27(20)2)29(22)13-18(26-30)16-8-10-17(24)11-9-16/h4-11H,12-13H2,1-3H3. The van der Waals surface area contributed by atoms with Gasteiger partial charge in [-0.3, -0.25) is 18.5 Å². The van der Waals surface area contributed by atoms with Gasteiger partial charge in [0.2, 0.25) is 5.95 Å². The first-order valence-corrected chi connectivity index (χ1v) is 10.5. The molecule has 1 aliphatic rings. The van der Waals surface area contributed by atoms with Gasteiger partial charge in [0.05, 0.1) is 18.8 Å². The first-order valence-electron chi connectivity index (χ1n) is 10.2. The van der Waals surface area contributed by atoms with Crippen molar-refractivity contribution in [2.75, 3.05) is 5.01 Å². The van der Waals surface area contributed by atoms with Crippen molar-refractivity contribution in [3.8, 4) is 0 Å². The van der Waals surface area contributed by atoms with Crippen molar-refractivity contribution in [1.29, 1.82) is 0 Å². The van der Waals surface area contributed by atoms with Gasteiger partial charge < -0.3 is 0 Å².